The van der Waals surface area contributed by atoms with E-state index in [1.807, 2.05) is 0 Å². The van der Waals surface area contributed by atoms with Crippen molar-refractivity contribution in [1.82, 2.24) is 5.32 Å². The van der Waals surface area contributed by atoms with E-state index < -0.39 is 17.9 Å². The van der Waals surface area contributed by atoms with Crippen LogP contribution in [0.5, 0.6) is 0 Å². The van der Waals surface area contributed by atoms with Gasteiger partial charge in [-0.2, -0.15) is 0 Å². The van der Waals surface area contributed by atoms with E-state index in [4.69, 9.17) is 20.4 Å². The molecule has 0 unspecified atom stereocenters. The highest BCUT2D eigenvalue weighted by Gasteiger charge is 2.21. The summed E-state index contributed by atoms with van der Waals surface area (Å²) in [5.74, 6) is -1.43. The molecule has 0 spiro atoms. The van der Waals surface area contributed by atoms with Gasteiger partial charge >= 0.3 is 5.97 Å². The molecule has 1 rings (SSSR count). The highest BCUT2D eigenvalue weighted by molar-refractivity contribution is 5.94. The van der Waals surface area contributed by atoms with Gasteiger partial charge in [0.15, 0.2) is 5.76 Å². The molecule has 7 heteroatoms. The van der Waals surface area contributed by atoms with Crippen LogP contribution in [-0.4, -0.2) is 34.7 Å². The maximum absolute atomic E-state index is 11.6. The summed E-state index contributed by atoms with van der Waals surface area (Å²) in [4.78, 5) is 22.3. The lowest BCUT2D eigenvalue weighted by molar-refractivity contribution is -0.139. The Morgan fingerprint density at radius 2 is 2.18 bits per heavy atom. The van der Waals surface area contributed by atoms with Crippen molar-refractivity contribution in [2.45, 2.75) is 19.0 Å². The van der Waals surface area contributed by atoms with Crippen molar-refractivity contribution in [2.24, 2.45) is 5.73 Å². The minimum absolute atomic E-state index is 0.00496. The Balaban J connectivity index is 2.66. The van der Waals surface area contributed by atoms with Gasteiger partial charge in [-0.25, -0.2) is 4.79 Å². The SMILES string of the molecule is NCc1ccc(C(=O)N[C@H](CCO)C(=O)O)o1. The summed E-state index contributed by atoms with van der Waals surface area (Å²) in [5.41, 5.74) is 5.31. The summed E-state index contributed by atoms with van der Waals surface area (Å²) in [6, 6.07) is 1.81. The van der Waals surface area contributed by atoms with Crippen LogP contribution in [0.2, 0.25) is 0 Å². The van der Waals surface area contributed by atoms with Crippen LogP contribution in [0.3, 0.4) is 0 Å². The first-order chi connectivity index (χ1) is 8.08. The average Bonchev–Trinajstić information content (AvgIpc) is 2.76. The van der Waals surface area contributed by atoms with Crippen molar-refractivity contribution in [3.63, 3.8) is 0 Å². The van der Waals surface area contributed by atoms with Crippen molar-refractivity contribution >= 4 is 11.9 Å². The molecule has 0 saturated carbocycles. The molecule has 0 bridgehead atoms. The van der Waals surface area contributed by atoms with Gasteiger partial charge in [-0.15, -0.1) is 0 Å². The predicted octanol–water partition coefficient (Wildman–Crippen LogP) is -0.696. The van der Waals surface area contributed by atoms with Crippen LogP contribution >= 0.6 is 0 Å². The van der Waals surface area contributed by atoms with E-state index in [9.17, 15) is 9.59 Å². The summed E-state index contributed by atoms with van der Waals surface area (Å²) in [7, 11) is 0. The first-order valence-corrected chi connectivity index (χ1v) is 5.01. The molecule has 1 atom stereocenters. The number of amides is 1. The topological polar surface area (TPSA) is 126 Å². The number of carbonyl (C=O) groups is 2. The van der Waals surface area contributed by atoms with Gasteiger partial charge in [0.05, 0.1) is 6.54 Å². The number of rotatable bonds is 6. The summed E-state index contributed by atoms with van der Waals surface area (Å²) in [6.45, 7) is -0.171. The Morgan fingerprint density at radius 3 is 2.65 bits per heavy atom. The highest BCUT2D eigenvalue weighted by atomic mass is 16.4. The van der Waals surface area contributed by atoms with Gasteiger partial charge in [-0.05, 0) is 12.1 Å². The molecule has 5 N–H and O–H groups in total. The molecule has 1 aromatic heterocycles. The maximum atomic E-state index is 11.6. The van der Waals surface area contributed by atoms with Gasteiger partial charge in [0.25, 0.3) is 5.91 Å². The van der Waals surface area contributed by atoms with Crippen molar-refractivity contribution in [3.8, 4) is 0 Å². The number of aliphatic hydroxyl groups excluding tert-OH is 1. The Morgan fingerprint density at radius 1 is 1.47 bits per heavy atom. The molecule has 0 aromatic carbocycles. The number of hydrogen-bond acceptors (Lipinski definition) is 5. The summed E-state index contributed by atoms with van der Waals surface area (Å²) in [6.07, 6.45) is -0.0640. The molecule has 1 aromatic rings. The van der Waals surface area contributed by atoms with Gasteiger partial charge in [-0.1, -0.05) is 0 Å². The fraction of sp³-hybridized carbons (Fsp3) is 0.400. The van der Waals surface area contributed by atoms with Gasteiger partial charge in [0.2, 0.25) is 0 Å². The molecule has 0 aliphatic heterocycles. The summed E-state index contributed by atoms with van der Waals surface area (Å²) < 4.78 is 5.06. The number of carboxylic acids is 1. The molecule has 1 amide bonds. The minimum Gasteiger partial charge on any atom is -0.480 e. The Labute approximate surface area is 97.2 Å². The number of carbonyl (C=O) groups excluding carboxylic acids is 1. The molecular weight excluding hydrogens is 228 g/mol. The lowest BCUT2D eigenvalue weighted by Gasteiger charge is -2.11. The number of furan rings is 1. The summed E-state index contributed by atoms with van der Waals surface area (Å²) in [5, 5.41) is 19.7. The van der Waals surface area contributed by atoms with Crippen LogP contribution in [-0.2, 0) is 11.3 Å². The van der Waals surface area contributed by atoms with Crippen LogP contribution in [0.25, 0.3) is 0 Å². The van der Waals surface area contributed by atoms with Crippen molar-refractivity contribution in [3.05, 3.63) is 23.7 Å². The maximum Gasteiger partial charge on any atom is 0.326 e. The number of carboxylic acid groups (broad SMARTS) is 1. The number of nitrogens with two attached hydrogens (primary N) is 1. The van der Waals surface area contributed by atoms with E-state index in [0.29, 0.717) is 5.76 Å². The number of aliphatic hydroxyl groups is 1. The molecule has 0 aliphatic rings. The van der Waals surface area contributed by atoms with Crippen LogP contribution in [0.15, 0.2) is 16.5 Å². The van der Waals surface area contributed by atoms with Crippen LogP contribution in [0.1, 0.15) is 22.7 Å². The predicted molar refractivity (Wildman–Crippen MR) is 57.2 cm³/mol. The van der Waals surface area contributed by atoms with Gasteiger partial charge in [0, 0.05) is 13.0 Å². The zero-order chi connectivity index (χ0) is 12.8. The number of nitrogens with one attached hydrogen (secondary N) is 1. The molecule has 7 nitrogen and oxygen atoms in total. The largest absolute Gasteiger partial charge is 0.480 e. The monoisotopic (exact) mass is 242 g/mol. The molecule has 1 heterocycles. The van der Waals surface area contributed by atoms with Crippen LogP contribution in [0, 0.1) is 0 Å². The van der Waals surface area contributed by atoms with Crippen LogP contribution < -0.4 is 11.1 Å². The lowest BCUT2D eigenvalue weighted by atomic mass is 10.2. The van der Waals surface area contributed by atoms with E-state index in [1.165, 1.54) is 12.1 Å². The van der Waals surface area contributed by atoms with Gasteiger partial charge < -0.3 is 25.7 Å². The number of aliphatic carboxylic acids is 1. The smallest absolute Gasteiger partial charge is 0.326 e. The second kappa shape index (κ2) is 6.02. The zero-order valence-corrected chi connectivity index (χ0v) is 9.05. The van der Waals surface area contributed by atoms with Crippen molar-refractivity contribution < 1.29 is 24.2 Å². The number of hydrogen-bond donors (Lipinski definition) is 4. The lowest BCUT2D eigenvalue weighted by Crippen LogP contribution is -2.41. The van der Waals surface area contributed by atoms with E-state index >= 15 is 0 Å². The molecule has 0 saturated heterocycles. The standard InChI is InChI=1S/C10H14N2O5/c11-5-6-1-2-8(17-6)9(14)12-7(3-4-13)10(15)16/h1-2,7,13H,3-5,11H2,(H,12,14)(H,15,16)/t7-/m1/s1. The van der Waals surface area contributed by atoms with Crippen LogP contribution in [0.4, 0.5) is 0 Å². The van der Waals surface area contributed by atoms with E-state index in [0.717, 1.165) is 0 Å². The second-order valence-electron chi connectivity index (χ2n) is 3.35. The highest BCUT2D eigenvalue weighted by Crippen LogP contribution is 2.07. The van der Waals surface area contributed by atoms with E-state index in [1.54, 1.807) is 0 Å². The third-order valence-electron chi connectivity index (χ3n) is 2.11. The molecular formula is C10H14N2O5. The molecule has 94 valence electrons. The summed E-state index contributed by atoms with van der Waals surface area (Å²) >= 11 is 0. The van der Waals surface area contributed by atoms with Gasteiger partial charge in [0.1, 0.15) is 11.8 Å². The normalized spacial score (nSPS) is 12.1. The molecule has 0 radical (unpaired) electrons. The van der Waals surface area contributed by atoms with Gasteiger partial charge in [-0.3, -0.25) is 4.79 Å². The molecule has 17 heavy (non-hydrogen) atoms. The second-order valence-corrected chi connectivity index (χ2v) is 3.35. The van der Waals surface area contributed by atoms with E-state index in [-0.39, 0.29) is 25.3 Å². The fourth-order valence-corrected chi connectivity index (χ4v) is 1.23. The molecule has 0 aliphatic carbocycles. The first-order valence-electron chi connectivity index (χ1n) is 5.01. The zero-order valence-electron chi connectivity index (χ0n) is 9.05. The minimum atomic E-state index is -1.21. The first kappa shape index (κ1) is 13.2. The quantitative estimate of drug-likeness (QED) is 0.522. The third kappa shape index (κ3) is 3.58. The Bertz CT molecular complexity index is 401. The Hall–Kier alpha value is -1.86. The average molecular weight is 242 g/mol. The van der Waals surface area contributed by atoms with Crippen molar-refractivity contribution in [2.75, 3.05) is 6.61 Å². The fourth-order valence-electron chi connectivity index (χ4n) is 1.23. The Kier molecular flexibility index (Phi) is 4.68. The third-order valence-corrected chi connectivity index (χ3v) is 2.11. The van der Waals surface area contributed by atoms with E-state index in [2.05, 4.69) is 5.32 Å². The molecule has 0 fully saturated rings. The van der Waals surface area contributed by atoms with Crippen molar-refractivity contribution in [1.29, 1.82) is 0 Å².